The third-order valence-electron chi connectivity index (χ3n) is 3.17. The third-order valence-corrected chi connectivity index (χ3v) is 3.17. The topological polar surface area (TPSA) is 38.7 Å². The second-order valence-electron chi connectivity index (χ2n) is 4.49. The standard InChI is InChI=1S/C14H20O3/c1-2-9-17-13-6-4-3-5-12(13)14(15)7-10-16-11-8-14/h3-6,15H,2,7-11H2,1H3. The highest BCUT2D eigenvalue weighted by molar-refractivity contribution is 5.38. The van der Waals surface area contributed by atoms with Gasteiger partial charge in [-0.05, 0) is 12.5 Å². The Kier molecular flexibility index (Phi) is 4.02. The fourth-order valence-corrected chi connectivity index (χ4v) is 2.17. The lowest BCUT2D eigenvalue weighted by Crippen LogP contribution is -2.33. The summed E-state index contributed by atoms with van der Waals surface area (Å²) in [5, 5.41) is 10.7. The second-order valence-corrected chi connectivity index (χ2v) is 4.49. The van der Waals surface area contributed by atoms with Crippen LogP contribution in [0.15, 0.2) is 24.3 Å². The van der Waals surface area contributed by atoms with E-state index < -0.39 is 5.60 Å². The van der Waals surface area contributed by atoms with Crippen molar-refractivity contribution in [3.8, 4) is 5.75 Å². The van der Waals surface area contributed by atoms with E-state index in [0.29, 0.717) is 32.7 Å². The van der Waals surface area contributed by atoms with Gasteiger partial charge in [-0.1, -0.05) is 25.1 Å². The smallest absolute Gasteiger partial charge is 0.125 e. The van der Waals surface area contributed by atoms with Gasteiger partial charge in [0.25, 0.3) is 0 Å². The van der Waals surface area contributed by atoms with Gasteiger partial charge >= 0.3 is 0 Å². The Labute approximate surface area is 102 Å². The van der Waals surface area contributed by atoms with Gasteiger partial charge in [0, 0.05) is 31.6 Å². The van der Waals surface area contributed by atoms with E-state index in [0.717, 1.165) is 17.7 Å². The molecule has 1 saturated heterocycles. The Bertz CT molecular complexity index is 356. The molecule has 1 heterocycles. The molecule has 0 atom stereocenters. The van der Waals surface area contributed by atoms with Crippen LogP contribution in [0.4, 0.5) is 0 Å². The molecule has 0 spiro atoms. The molecular formula is C14H20O3. The summed E-state index contributed by atoms with van der Waals surface area (Å²) < 4.78 is 11.0. The van der Waals surface area contributed by atoms with Gasteiger partial charge in [-0.15, -0.1) is 0 Å². The number of para-hydroxylation sites is 1. The summed E-state index contributed by atoms with van der Waals surface area (Å²) in [5.41, 5.74) is 0.111. The van der Waals surface area contributed by atoms with Crippen LogP contribution in [0.5, 0.6) is 5.75 Å². The van der Waals surface area contributed by atoms with E-state index >= 15 is 0 Å². The molecule has 94 valence electrons. The molecule has 0 aromatic heterocycles. The molecule has 3 nitrogen and oxygen atoms in total. The van der Waals surface area contributed by atoms with E-state index in [1.807, 2.05) is 24.3 Å². The first-order valence-electron chi connectivity index (χ1n) is 6.29. The quantitative estimate of drug-likeness (QED) is 0.872. The minimum atomic E-state index is -0.789. The summed E-state index contributed by atoms with van der Waals surface area (Å²) in [4.78, 5) is 0. The van der Waals surface area contributed by atoms with Gasteiger partial charge in [0.2, 0.25) is 0 Å². The van der Waals surface area contributed by atoms with Crippen LogP contribution in [-0.4, -0.2) is 24.9 Å². The third kappa shape index (κ3) is 2.79. The summed E-state index contributed by atoms with van der Waals surface area (Å²) in [6.45, 7) is 3.98. The Morgan fingerprint density at radius 2 is 2.00 bits per heavy atom. The van der Waals surface area contributed by atoms with Gasteiger partial charge in [0.1, 0.15) is 5.75 Å². The molecule has 1 aromatic carbocycles. The lowest BCUT2D eigenvalue weighted by atomic mass is 9.86. The van der Waals surface area contributed by atoms with Gasteiger partial charge in [0.05, 0.1) is 12.2 Å². The molecular weight excluding hydrogens is 216 g/mol. The van der Waals surface area contributed by atoms with Crippen molar-refractivity contribution in [2.24, 2.45) is 0 Å². The van der Waals surface area contributed by atoms with Crippen molar-refractivity contribution in [2.75, 3.05) is 19.8 Å². The van der Waals surface area contributed by atoms with Crippen LogP contribution in [-0.2, 0) is 10.3 Å². The molecule has 17 heavy (non-hydrogen) atoms. The van der Waals surface area contributed by atoms with Crippen molar-refractivity contribution in [1.29, 1.82) is 0 Å². The first-order chi connectivity index (χ1) is 8.26. The summed E-state index contributed by atoms with van der Waals surface area (Å²) in [6, 6.07) is 7.77. The number of hydrogen-bond donors (Lipinski definition) is 1. The monoisotopic (exact) mass is 236 g/mol. The molecule has 1 aliphatic rings. The van der Waals surface area contributed by atoms with Gasteiger partial charge in [-0.3, -0.25) is 0 Å². The normalized spacial score (nSPS) is 18.9. The van der Waals surface area contributed by atoms with E-state index in [9.17, 15) is 5.11 Å². The molecule has 0 unspecified atom stereocenters. The van der Waals surface area contributed by atoms with Crippen LogP contribution in [0.25, 0.3) is 0 Å². The summed E-state index contributed by atoms with van der Waals surface area (Å²) in [6.07, 6.45) is 2.24. The van der Waals surface area contributed by atoms with E-state index in [1.165, 1.54) is 0 Å². The van der Waals surface area contributed by atoms with E-state index in [2.05, 4.69) is 6.92 Å². The molecule has 0 bridgehead atoms. The van der Waals surface area contributed by atoms with Crippen molar-refractivity contribution in [2.45, 2.75) is 31.8 Å². The summed E-state index contributed by atoms with van der Waals surface area (Å²) in [5.74, 6) is 0.804. The minimum Gasteiger partial charge on any atom is -0.493 e. The molecule has 1 N–H and O–H groups in total. The maximum Gasteiger partial charge on any atom is 0.125 e. The fourth-order valence-electron chi connectivity index (χ4n) is 2.17. The molecule has 1 aliphatic heterocycles. The van der Waals surface area contributed by atoms with Crippen LogP contribution >= 0.6 is 0 Å². The van der Waals surface area contributed by atoms with Gasteiger partial charge in [-0.25, -0.2) is 0 Å². The van der Waals surface area contributed by atoms with Gasteiger partial charge in [-0.2, -0.15) is 0 Å². The molecule has 0 aliphatic carbocycles. The number of aliphatic hydroxyl groups is 1. The number of benzene rings is 1. The van der Waals surface area contributed by atoms with Gasteiger partial charge in [0.15, 0.2) is 0 Å². The zero-order valence-corrected chi connectivity index (χ0v) is 10.3. The second kappa shape index (κ2) is 5.52. The fraction of sp³-hybridized carbons (Fsp3) is 0.571. The first kappa shape index (κ1) is 12.4. The van der Waals surface area contributed by atoms with Crippen LogP contribution in [0.1, 0.15) is 31.7 Å². The predicted molar refractivity (Wildman–Crippen MR) is 66.2 cm³/mol. The zero-order chi connectivity index (χ0) is 12.1. The van der Waals surface area contributed by atoms with Crippen LogP contribution < -0.4 is 4.74 Å². The largest absolute Gasteiger partial charge is 0.493 e. The van der Waals surface area contributed by atoms with Crippen molar-refractivity contribution in [1.82, 2.24) is 0 Å². The van der Waals surface area contributed by atoms with Crippen molar-refractivity contribution in [3.63, 3.8) is 0 Å². The lowest BCUT2D eigenvalue weighted by molar-refractivity contribution is -0.0691. The Hall–Kier alpha value is -1.06. The average molecular weight is 236 g/mol. The molecule has 3 heteroatoms. The molecule has 0 radical (unpaired) electrons. The lowest BCUT2D eigenvalue weighted by Gasteiger charge is -2.33. The van der Waals surface area contributed by atoms with Crippen LogP contribution in [0.3, 0.4) is 0 Å². The zero-order valence-electron chi connectivity index (χ0n) is 10.3. The van der Waals surface area contributed by atoms with Crippen LogP contribution in [0.2, 0.25) is 0 Å². The molecule has 2 rings (SSSR count). The summed E-state index contributed by atoms with van der Waals surface area (Å²) >= 11 is 0. The van der Waals surface area contributed by atoms with Crippen LogP contribution in [0, 0.1) is 0 Å². The van der Waals surface area contributed by atoms with Crippen molar-refractivity contribution in [3.05, 3.63) is 29.8 Å². The first-order valence-corrected chi connectivity index (χ1v) is 6.29. The Balaban J connectivity index is 2.23. The van der Waals surface area contributed by atoms with E-state index in [1.54, 1.807) is 0 Å². The maximum absolute atomic E-state index is 10.7. The SMILES string of the molecule is CCCOc1ccccc1C1(O)CCOCC1. The predicted octanol–water partition coefficient (Wildman–Crippen LogP) is 2.47. The number of ether oxygens (including phenoxy) is 2. The molecule has 1 fully saturated rings. The van der Waals surface area contributed by atoms with Gasteiger partial charge < -0.3 is 14.6 Å². The number of rotatable bonds is 4. The van der Waals surface area contributed by atoms with Crippen molar-refractivity contribution < 1.29 is 14.6 Å². The highest BCUT2D eigenvalue weighted by atomic mass is 16.5. The summed E-state index contributed by atoms with van der Waals surface area (Å²) in [7, 11) is 0. The molecule has 0 saturated carbocycles. The minimum absolute atomic E-state index is 0.610. The average Bonchev–Trinajstić information content (AvgIpc) is 2.37. The Morgan fingerprint density at radius 3 is 2.71 bits per heavy atom. The Morgan fingerprint density at radius 1 is 1.29 bits per heavy atom. The highest BCUT2D eigenvalue weighted by Crippen LogP contribution is 2.37. The number of hydrogen-bond acceptors (Lipinski definition) is 3. The molecule has 1 aromatic rings. The molecule has 0 amide bonds. The van der Waals surface area contributed by atoms with Crippen molar-refractivity contribution >= 4 is 0 Å². The maximum atomic E-state index is 10.7. The van der Waals surface area contributed by atoms with E-state index in [-0.39, 0.29) is 0 Å². The highest BCUT2D eigenvalue weighted by Gasteiger charge is 2.34. The van der Waals surface area contributed by atoms with E-state index in [4.69, 9.17) is 9.47 Å².